The van der Waals surface area contributed by atoms with Crippen LogP contribution in [0.2, 0.25) is 0 Å². The van der Waals surface area contributed by atoms with Gasteiger partial charge in [-0.25, -0.2) is 8.42 Å². The van der Waals surface area contributed by atoms with E-state index in [2.05, 4.69) is 27.4 Å². The van der Waals surface area contributed by atoms with Crippen LogP contribution in [0.5, 0.6) is 0 Å². The van der Waals surface area contributed by atoms with Crippen molar-refractivity contribution < 1.29 is 18.6 Å². The molecule has 2 aliphatic carbocycles. The first-order valence-electron chi connectivity index (χ1n) is 11.1. The molecular weight excluding hydrogens is 396 g/mol. The van der Waals surface area contributed by atoms with Crippen molar-refractivity contribution in [2.45, 2.75) is 75.2 Å². The van der Waals surface area contributed by atoms with Crippen LogP contribution in [0.1, 0.15) is 52.9 Å². The number of hydrogen-bond donors (Lipinski definition) is 2. The number of unbranched alkanes of at least 4 members (excludes halogenated alkanes) is 1. The molecule has 0 aliphatic heterocycles. The molecule has 3 rings (SSSR count). The quantitative estimate of drug-likeness (QED) is 0.592. The molecule has 0 aromatic heterocycles. The highest BCUT2D eigenvalue weighted by atomic mass is 32.2. The third-order valence-electron chi connectivity index (χ3n) is 7.19. The zero-order valence-corrected chi connectivity index (χ0v) is 19.2. The topological polar surface area (TPSA) is 74.6 Å². The summed E-state index contributed by atoms with van der Waals surface area (Å²) in [4.78, 5) is 0.318. The van der Waals surface area contributed by atoms with Crippen molar-refractivity contribution in [2.24, 2.45) is 23.2 Å². The number of hydrogen-bond acceptors (Lipinski definition) is 4. The summed E-state index contributed by atoms with van der Waals surface area (Å²) < 4.78 is 26.6. The predicted octanol–water partition coefficient (Wildman–Crippen LogP) is 4.54. The molecule has 1 unspecified atom stereocenters. The molecule has 0 radical (unpaired) electrons. The Morgan fingerprint density at radius 1 is 1.23 bits per heavy atom. The monoisotopic (exact) mass is 432 g/mol. The van der Waals surface area contributed by atoms with Crippen molar-refractivity contribution in [2.75, 3.05) is 0 Å². The van der Waals surface area contributed by atoms with Gasteiger partial charge in [0.15, 0.2) is 9.84 Å². The Kier molecular flexibility index (Phi) is 6.95. The Morgan fingerprint density at radius 2 is 1.90 bits per heavy atom. The first kappa shape index (κ1) is 23.2. The van der Waals surface area contributed by atoms with E-state index in [1.54, 1.807) is 30.3 Å². The van der Waals surface area contributed by atoms with Crippen LogP contribution in [0.25, 0.3) is 0 Å². The molecule has 0 bridgehead atoms. The van der Waals surface area contributed by atoms with Gasteiger partial charge in [-0.15, -0.1) is 0 Å². The van der Waals surface area contributed by atoms with Gasteiger partial charge in [-0.1, -0.05) is 76.1 Å². The van der Waals surface area contributed by atoms with E-state index in [0.717, 1.165) is 24.8 Å². The van der Waals surface area contributed by atoms with Gasteiger partial charge in [0.1, 0.15) is 0 Å². The summed E-state index contributed by atoms with van der Waals surface area (Å²) in [5.41, 5.74) is 0.511. The Balaban J connectivity index is 1.79. The lowest BCUT2D eigenvalue weighted by atomic mass is 9.80. The minimum atomic E-state index is -3.54. The standard InChI is InChI=1S/C25H36O4S/c1-5-6-14-25(3,4)23(27)13-12-19-20-15-17(2)24(21(20)16-22(19)26)30(28,29)18-10-8-7-9-11-18/h7-13,19-24,26-27H,2,5-6,14-16H2,1,3-4H3/b13-12+/t19-,20-,21-,22+,23-,24?/m0/s1. The van der Waals surface area contributed by atoms with E-state index in [0.29, 0.717) is 17.7 Å². The second-order valence-corrected chi connectivity index (χ2v) is 11.8. The molecule has 0 spiro atoms. The first-order valence-corrected chi connectivity index (χ1v) is 12.6. The molecule has 0 saturated heterocycles. The number of benzene rings is 1. The maximum atomic E-state index is 13.3. The molecule has 166 valence electrons. The highest BCUT2D eigenvalue weighted by Crippen LogP contribution is 2.53. The molecule has 1 aromatic rings. The van der Waals surface area contributed by atoms with Crippen molar-refractivity contribution in [3.8, 4) is 0 Å². The lowest BCUT2D eigenvalue weighted by molar-refractivity contribution is 0.0798. The number of sulfone groups is 1. The van der Waals surface area contributed by atoms with Gasteiger partial charge < -0.3 is 10.2 Å². The molecular formula is C25H36O4S. The summed E-state index contributed by atoms with van der Waals surface area (Å²) in [7, 11) is -3.54. The molecule has 0 heterocycles. The zero-order chi connectivity index (χ0) is 22.1. The fraction of sp³-hybridized carbons (Fsp3) is 0.600. The largest absolute Gasteiger partial charge is 0.392 e. The van der Waals surface area contributed by atoms with Crippen molar-refractivity contribution in [1.29, 1.82) is 0 Å². The van der Waals surface area contributed by atoms with Gasteiger partial charge >= 0.3 is 0 Å². The van der Waals surface area contributed by atoms with Crippen molar-refractivity contribution in [3.63, 3.8) is 0 Å². The molecule has 0 amide bonds. The summed E-state index contributed by atoms with van der Waals surface area (Å²) in [6, 6.07) is 8.54. The minimum absolute atomic E-state index is 0.0400. The van der Waals surface area contributed by atoms with Crippen molar-refractivity contribution >= 4 is 9.84 Å². The number of aliphatic hydroxyl groups excluding tert-OH is 2. The average molecular weight is 433 g/mol. The van der Waals surface area contributed by atoms with E-state index in [-0.39, 0.29) is 23.2 Å². The second-order valence-electron chi connectivity index (χ2n) is 9.77. The summed E-state index contributed by atoms with van der Waals surface area (Å²) in [6.45, 7) is 10.4. The summed E-state index contributed by atoms with van der Waals surface area (Å²) in [6.07, 6.45) is 6.69. The predicted molar refractivity (Wildman–Crippen MR) is 121 cm³/mol. The molecule has 30 heavy (non-hydrogen) atoms. The van der Waals surface area contributed by atoms with Gasteiger partial charge in [0.05, 0.1) is 22.4 Å². The van der Waals surface area contributed by atoms with Gasteiger partial charge in [-0.2, -0.15) is 0 Å². The van der Waals surface area contributed by atoms with Crippen LogP contribution in [-0.4, -0.2) is 36.1 Å². The Hall–Kier alpha value is -1.43. The highest BCUT2D eigenvalue weighted by Gasteiger charge is 2.54. The molecule has 1 aromatic carbocycles. The maximum Gasteiger partial charge on any atom is 0.185 e. The van der Waals surface area contributed by atoms with Crippen LogP contribution in [-0.2, 0) is 9.84 Å². The highest BCUT2D eigenvalue weighted by molar-refractivity contribution is 7.92. The summed E-state index contributed by atoms with van der Waals surface area (Å²) in [5.74, 6) is -0.254. The van der Waals surface area contributed by atoms with Crippen LogP contribution in [0, 0.1) is 23.2 Å². The summed E-state index contributed by atoms with van der Waals surface area (Å²) >= 11 is 0. The number of rotatable bonds is 8. The van der Waals surface area contributed by atoms with Crippen LogP contribution < -0.4 is 0 Å². The smallest absolute Gasteiger partial charge is 0.185 e. The Morgan fingerprint density at radius 3 is 2.53 bits per heavy atom. The van der Waals surface area contributed by atoms with Gasteiger partial charge in [0.2, 0.25) is 0 Å². The van der Waals surface area contributed by atoms with E-state index in [9.17, 15) is 18.6 Å². The molecule has 5 heteroatoms. The SMILES string of the molecule is C=C1C[C@H]2[C@H](/C=C/[C@H](O)C(C)(C)CCCC)[C@H](O)C[C@@H]2C1S(=O)(=O)c1ccccc1. The lowest BCUT2D eigenvalue weighted by Gasteiger charge is -2.29. The molecule has 6 atom stereocenters. The van der Waals surface area contributed by atoms with Crippen LogP contribution in [0.4, 0.5) is 0 Å². The first-order chi connectivity index (χ1) is 14.1. The second kappa shape index (κ2) is 8.97. The van der Waals surface area contributed by atoms with E-state index in [1.807, 2.05) is 12.2 Å². The fourth-order valence-electron chi connectivity index (χ4n) is 5.29. The molecule has 2 fully saturated rings. The fourth-order valence-corrected chi connectivity index (χ4v) is 7.43. The lowest BCUT2D eigenvalue weighted by Crippen LogP contribution is -2.28. The minimum Gasteiger partial charge on any atom is -0.392 e. The maximum absolute atomic E-state index is 13.3. The average Bonchev–Trinajstić information content (AvgIpc) is 3.17. The third-order valence-corrected chi connectivity index (χ3v) is 9.47. The molecule has 2 aliphatic rings. The Bertz CT molecular complexity index is 872. The molecule has 2 saturated carbocycles. The van der Waals surface area contributed by atoms with E-state index >= 15 is 0 Å². The third kappa shape index (κ3) is 4.44. The van der Waals surface area contributed by atoms with Crippen LogP contribution in [0.3, 0.4) is 0 Å². The molecule has 2 N–H and O–H groups in total. The van der Waals surface area contributed by atoms with E-state index in [1.165, 1.54) is 0 Å². The van der Waals surface area contributed by atoms with Crippen LogP contribution >= 0.6 is 0 Å². The number of fused-ring (bicyclic) bond motifs is 1. The van der Waals surface area contributed by atoms with E-state index < -0.39 is 27.3 Å². The number of aliphatic hydroxyl groups is 2. The van der Waals surface area contributed by atoms with Gasteiger partial charge in [-0.3, -0.25) is 0 Å². The zero-order valence-electron chi connectivity index (χ0n) is 18.4. The van der Waals surface area contributed by atoms with Gasteiger partial charge in [-0.05, 0) is 48.6 Å². The van der Waals surface area contributed by atoms with Crippen molar-refractivity contribution in [1.82, 2.24) is 0 Å². The van der Waals surface area contributed by atoms with E-state index in [4.69, 9.17) is 0 Å². The van der Waals surface area contributed by atoms with Gasteiger partial charge in [0, 0.05) is 5.92 Å². The Labute approximate surface area is 181 Å². The van der Waals surface area contributed by atoms with Crippen molar-refractivity contribution in [3.05, 3.63) is 54.6 Å². The summed E-state index contributed by atoms with van der Waals surface area (Å²) in [5, 5.41) is 20.8. The molecule has 4 nitrogen and oxygen atoms in total. The normalized spacial score (nSPS) is 30.7. The van der Waals surface area contributed by atoms with Gasteiger partial charge in [0.25, 0.3) is 0 Å². The van der Waals surface area contributed by atoms with Crippen LogP contribution in [0.15, 0.2) is 59.5 Å².